The summed E-state index contributed by atoms with van der Waals surface area (Å²) in [6.07, 6.45) is 0. The van der Waals surface area contributed by atoms with Crippen molar-refractivity contribution in [1.29, 1.82) is 0 Å². The van der Waals surface area contributed by atoms with E-state index < -0.39 is 11.9 Å². The first-order valence-corrected chi connectivity index (χ1v) is 8.17. The second-order valence-corrected chi connectivity index (χ2v) is 6.24. The molecule has 2 aromatic rings. The van der Waals surface area contributed by atoms with Crippen LogP contribution >= 0.6 is 0 Å². The highest BCUT2D eigenvalue weighted by atomic mass is 16.5. The predicted octanol–water partition coefficient (Wildman–Crippen LogP) is 4.93. The lowest BCUT2D eigenvalue weighted by Gasteiger charge is -2.18. The zero-order chi connectivity index (χ0) is 19.4. The fourth-order valence-corrected chi connectivity index (χ4v) is 2.47. The lowest BCUT2D eigenvalue weighted by atomic mass is 9.94. The maximum atomic E-state index is 12.0. The number of carbonyl (C=O) groups is 2. The summed E-state index contributed by atoms with van der Waals surface area (Å²) in [5.41, 5.74) is 3.78. The molecule has 0 aliphatic heterocycles. The molecular formula is C22H22O4. The molecule has 0 amide bonds. The molecule has 0 spiro atoms. The van der Waals surface area contributed by atoms with Gasteiger partial charge in [0, 0.05) is 22.3 Å². The van der Waals surface area contributed by atoms with Gasteiger partial charge in [-0.15, -0.1) is 0 Å². The van der Waals surface area contributed by atoms with Crippen molar-refractivity contribution in [3.8, 4) is 22.6 Å². The quantitative estimate of drug-likeness (QED) is 0.436. The van der Waals surface area contributed by atoms with Crippen molar-refractivity contribution in [2.45, 2.75) is 27.7 Å². The first-order chi connectivity index (χ1) is 12.2. The van der Waals surface area contributed by atoms with Crippen LogP contribution in [0.15, 0.2) is 60.7 Å². The second kappa shape index (κ2) is 7.83. The largest absolute Gasteiger partial charge is 0.423 e. The molecule has 0 saturated heterocycles. The van der Waals surface area contributed by atoms with E-state index in [1.54, 1.807) is 38.1 Å². The van der Waals surface area contributed by atoms with Crippen LogP contribution in [0.25, 0.3) is 11.1 Å². The predicted molar refractivity (Wildman–Crippen MR) is 102 cm³/mol. The van der Waals surface area contributed by atoms with E-state index in [1.165, 1.54) is 0 Å². The lowest BCUT2D eigenvalue weighted by Crippen LogP contribution is -2.11. The molecule has 0 aliphatic rings. The standard InChI is InChI=1S/C22H22O4/c1-13(2)21(23)25-17-11-7-9-15(5)19(17)20-16(6)10-8-12-18(20)26-22(24)14(3)4/h7-12H,1,3H2,2,4-6H3. The lowest BCUT2D eigenvalue weighted by molar-refractivity contribution is -0.131. The Morgan fingerprint density at radius 3 is 1.38 bits per heavy atom. The summed E-state index contributed by atoms with van der Waals surface area (Å²) in [4.78, 5) is 24.1. The van der Waals surface area contributed by atoms with E-state index in [1.807, 2.05) is 26.0 Å². The van der Waals surface area contributed by atoms with Crippen LogP contribution in [0.4, 0.5) is 0 Å². The SMILES string of the molecule is C=C(C)C(=O)Oc1cccc(C)c1-c1c(C)cccc1OC(=O)C(=C)C. The van der Waals surface area contributed by atoms with Crippen LogP contribution in [0, 0.1) is 13.8 Å². The molecule has 0 heterocycles. The van der Waals surface area contributed by atoms with Crippen LogP contribution in [0.1, 0.15) is 25.0 Å². The van der Waals surface area contributed by atoms with Crippen molar-refractivity contribution in [3.63, 3.8) is 0 Å². The van der Waals surface area contributed by atoms with E-state index >= 15 is 0 Å². The highest BCUT2D eigenvalue weighted by Gasteiger charge is 2.20. The second-order valence-electron chi connectivity index (χ2n) is 6.24. The van der Waals surface area contributed by atoms with Crippen LogP contribution < -0.4 is 9.47 Å². The van der Waals surface area contributed by atoms with Crippen molar-refractivity contribution in [2.75, 3.05) is 0 Å². The molecule has 0 saturated carbocycles. The number of benzene rings is 2. The van der Waals surface area contributed by atoms with Crippen molar-refractivity contribution in [3.05, 3.63) is 71.8 Å². The first-order valence-electron chi connectivity index (χ1n) is 8.17. The molecule has 26 heavy (non-hydrogen) atoms. The topological polar surface area (TPSA) is 52.6 Å². The third kappa shape index (κ3) is 4.09. The van der Waals surface area contributed by atoms with Crippen LogP contribution in [-0.4, -0.2) is 11.9 Å². The van der Waals surface area contributed by atoms with Gasteiger partial charge in [-0.2, -0.15) is 0 Å². The maximum absolute atomic E-state index is 12.0. The fraction of sp³-hybridized carbons (Fsp3) is 0.182. The van der Waals surface area contributed by atoms with Gasteiger partial charge in [-0.1, -0.05) is 37.4 Å². The summed E-state index contributed by atoms with van der Waals surface area (Å²) in [7, 11) is 0. The molecule has 0 N–H and O–H groups in total. The monoisotopic (exact) mass is 350 g/mol. The van der Waals surface area contributed by atoms with Gasteiger partial charge in [-0.05, 0) is 51.0 Å². The minimum atomic E-state index is -0.508. The molecular weight excluding hydrogens is 328 g/mol. The Bertz CT molecular complexity index is 831. The number of hydrogen-bond acceptors (Lipinski definition) is 4. The third-order valence-electron chi connectivity index (χ3n) is 3.82. The van der Waals surface area contributed by atoms with Gasteiger partial charge in [-0.3, -0.25) is 0 Å². The Balaban J connectivity index is 2.65. The van der Waals surface area contributed by atoms with Crippen molar-refractivity contribution in [1.82, 2.24) is 0 Å². The summed E-state index contributed by atoms with van der Waals surface area (Å²) in [5.74, 6) is -0.239. The van der Waals surface area contributed by atoms with E-state index in [9.17, 15) is 9.59 Å². The number of esters is 2. The maximum Gasteiger partial charge on any atom is 0.338 e. The number of hydrogen-bond donors (Lipinski definition) is 0. The average molecular weight is 350 g/mol. The summed E-state index contributed by atoms with van der Waals surface area (Å²) in [6.45, 7) is 14.2. The minimum Gasteiger partial charge on any atom is -0.423 e. The molecule has 0 fully saturated rings. The van der Waals surface area contributed by atoms with Crippen molar-refractivity contribution in [2.24, 2.45) is 0 Å². The molecule has 134 valence electrons. The van der Waals surface area contributed by atoms with Gasteiger partial charge in [0.25, 0.3) is 0 Å². The summed E-state index contributed by atoms with van der Waals surface area (Å²) < 4.78 is 11.0. The van der Waals surface area contributed by atoms with Gasteiger partial charge in [0.15, 0.2) is 0 Å². The van der Waals surface area contributed by atoms with Gasteiger partial charge < -0.3 is 9.47 Å². The van der Waals surface area contributed by atoms with Crippen LogP contribution in [0.2, 0.25) is 0 Å². The van der Waals surface area contributed by atoms with Crippen LogP contribution in [-0.2, 0) is 9.59 Å². The Morgan fingerprint density at radius 2 is 1.08 bits per heavy atom. The van der Waals surface area contributed by atoms with E-state index in [2.05, 4.69) is 13.2 Å². The molecule has 0 atom stereocenters. The molecule has 2 rings (SSSR count). The molecule has 0 bridgehead atoms. The average Bonchev–Trinajstić information content (AvgIpc) is 2.56. The highest BCUT2D eigenvalue weighted by Crippen LogP contribution is 2.41. The molecule has 0 aromatic heterocycles. The first kappa shape index (κ1) is 19.2. The van der Waals surface area contributed by atoms with E-state index in [0.717, 1.165) is 11.1 Å². The van der Waals surface area contributed by atoms with Gasteiger partial charge >= 0.3 is 11.9 Å². The van der Waals surface area contributed by atoms with Crippen LogP contribution in [0.5, 0.6) is 11.5 Å². The van der Waals surface area contributed by atoms with Gasteiger partial charge in [0.2, 0.25) is 0 Å². The molecule has 4 nitrogen and oxygen atoms in total. The Kier molecular flexibility index (Phi) is 5.78. The normalized spacial score (nSPS) is 10.2. The third-order valence-corrected chi connectivity index (χ3v) is 3.82. The number of ether oxygens (including phenoxy) is 2. The van der Waals surface area contributed by atoms with E-state index in [4.69, 9.17) is 9.47 Å². The molecule has 2 aromatic carbocycles. The van der Waals surface area contributed by atoms with Gasteiger partial charge in [0.05, 0.1) is 0 Å². The Labute approximate surface area is 153 Å². The van der Waals surface area contributed by atoms with Crippen LogP contribution in [0.3, 0.4) is 0 Å². The summed E-state index contributed by atoms with van der Waals surface area (Å²) in [5, 5.41) is 0. The molecule has 0 unspecified atom stereocenters. The van der Waals surface area contributed by atoms with E-state index in [-0.39, 0.29) is 0 Å². The molecule has 0 aliphatic carbocycles. The summed E-state index contributed by atoms with van der Waals surface area (Å²) >= 11 is 0. The van der Waals surface area contributed by atoms with Crippen molar-refractivity contribution >= 4 is 11.9 Å². The number of aryl methyl sites for hydroxylation is 2. The van der Waals surface area contributed by atoms with Gasteiger partial charge in [0.1, 0.15) is 11.5 Å². The van der Waals surface area contributed by atoms with Gasteiger partial charge in [-0.25, -0.2) is 9.59 Å². The van der Waals surface area contributed by atoms with Crippen molar-refractivity contribution < 1.29 is 19.1 Å². The highest BCUT2D eigenvalue weighted by molar-refractivity contribution is 5.93. The smallest absolute Gasteiger partial charge is 0.338 e. The zero-order valence-corrected chi connectivity index (χ0v) is 15.5. The fourth-order valence-electron chi connectivity index (χ4n) is 2.47. The molecule has 4 heteroatoms. The molecule has 0 radical (unpaired) electrons. The zero-order valence-electron chi connectivity index (χ0n) is 15.5. The Hall–Kier alpha value is -3.14. The Morgan fingerprint density at radius 1 is 0.731 bits per heavy atom. The van der Waals surface area contributed by atoms with E-state index in [0.29, 0.717) is 33.8 Å². The number of rotatable bonds is 5. The number of carbonyl (C=O) groups excluding carboxylic acids is 2. The summed E-state index contributed by atoms with van der Waals surface area (Å²) in [6, 6.07) is 10.8. The minimum absolute atomic E-state index is 0.302.